The van der Waals surface area contributed by atoms with Crippen LogP contribution in [-0.4, -0.2) is 37.1 Å². The number of aryl methyl sites for hydroxylation is 1. The Morgan fingerprint density at radius 2 is 1.61 bits per heavy atom. The van der Waals surface area contributed by atoms with Crippen molar-refractivity contribution in [3.8, 4) is 0 Å². The fraction of sp³-hybridized carbons (Fsp3) is 0.471. The van der Waals surface area contributed by atoms with E-state index in [9.17, 15) is 0 Å². The molecular weight excluding hydrogens is 436 g/mol. The summed E-state index contributed by atoms with van der Waals surface area (Å²) < 4.78 is 0. The lowest BCUT2D eigenvalue weighted by Gasteiger charge is -2.42. The Bertz CT molecular complexity index is 1050. The molecule has 2 aliphatic rings. The zero-order valence-corrected chi connectivity index (χ0v) is 22.9. The second-order valence-electron chi connectivity index (χ2n) is 11.2. The van der Waals surface area contributed by atoms with E-state index in [0.29, 0.717) is 11.8 Å². The molecule has 2 aromatic carbocycles. The lowest BCUT2D eigenvalue weighted by molar-refractivity contribution is 0.131. The van der Waals surface area contributed by atoms with Crippen molar-refractivity contribution in [2.75, 3.05) is 31.1 Å². The number of benzene rings is 2. The van der Waals surface area contributed by atoms with Crippen molar-refractivity contribution in [3.63, 3.8) is 0 Å². The summed E-state index contributed by atoms with van der Waals surface area (Å²) in [4.78, 5) is 5.35. The molecule has 0 amide bonds. The molecule has 0 saturated carbocycles. The summed E-state index contributed by atoms with van der Waals surface area (Å²) in [6, 6.07) is 16.6. The molecule has 2 aliphatic heterocycles. The van der Waals surface area contributed by atoms with Gasteiger partial charge in [-0.05, 0) is 113 Å². The molecule has 0 spiro atoms. The summed E-state index contributed by atoms with van der Waals surface area (Å²) >= 11 is 0. The highest BCUT2D eigenvalue weighted by Gasteiger charge is 2.29. The van der Waals surface area contributed by atoms with Gasteiger partial charge in [-0.15, -0.1) is 13.2 Å². The van der Waals surface area contributed by atoms with E-state index >= 15 is 0 Å². The van der Waals surface area contributed by atoms with Gasteiger partial charge in [-0.1, -0.05) is 54.1 Å². The fourth-order valence-electron chi connectivity index (χ4n) is 6.30. The van der Waals surface area contributed by atoms with Crippen molar-refractivity contribution in [2.24, 2.45) is 5.92 Å². The van der Waals surface area contributed by atoms with Crippen molar-refractivity contribution in [2.45, 2.75) is 71.3 Å². The molecule has 2 aromatic rings. The summed E-state index contributed by atoms with van der Waals surface area (Å²) in [5.74, 6) is 0.961. The van der Waals surface area contributed by atoms with Crippen molar-refractivity contribution in [1.82, 2.24) is 4.90 Å². The molecule has 2 saturated heterocycles. The molecule has 192 valence electrons. The Kier molecular flexibility index (Phi) is 8.90. The van der Waals surface area contributed by atoms with Crippen LogP contribution in [0.25, 0.3) is 5.57 Å². The number of hydrogen-bond donors (Lipinski definition) is 0. The van der Waals surface area contributed by atoms with Gasteiger partial charge < -0.3 is 9.80 Å². The Balaban J connectivity index is 1.34. The van der Waals surface area contributed by atoms with E-state index < -0.39 is 0 Å². The number of hydrogen-bond acceptors (Lipinski definition) is 2. The molecule has 2 heteroatoms. The summed E-state index contributed by atoms with van der Waals surface area (Å²) in [6.45, 7) is 24.1. The van der Waals surface area contributed by atoms with E-state index in [1.165, 1.54) is 90.9 Å². The quantitative estimate of drug-likeness (QED) is 0.331. The van der Waals surface area contributed by atoms with Crippen molar-refractivity contribution >= 4 is 11.3 Å². The van der Waals surface area contributed by atoms with Crippen LogP contribution in [0.3, 0.4) is 0 Å². The van der Waals surface area contributed by atoms with Crippen LogP contribution in [0, 0.1) is 19.8 Å². The number of nitrogens with zero attached hydrogens (tertiary/aromatic N) is 2. The third-order valence-electron chi connectivity index (χ3n) is 8.69. The maximum atomic E-state index is 4.51. The predicted molar refractivity (Wildman–Crippen MR) is 158 cm³/mol. The summed E-state index contributed by atoms with van der Waals surface area (Å²) in [5, 5.41) is 0. The van der Waals surface area contributed by atoms with E-state index in [0.717, 1.165) is 18.9 Å². The largest absolute Gasteiger partial charge is 0.371 e. The van der Waals surface area contributed by atoms with Gasteiger partial charge >= 0.3 is 0 Å². The van der Waals surface area contributed by atoms with Crippen LogP contribution in [0.2, 0.25) is 0 Å². The van der Waals surface area contributed by atoms with E-state index in [-0.39, 0.29) is 0 Å². The molecule has 0 radical (unpaired) electrons. The second kappa shape index (κ2) is 12.1. The van der Waals surface area contributed by atoms with Gasteiger partial charge in [0.25, 0.3) is 0 Å². The van der Waals surface area contributed by atoms with E-state index in [2.05, 4.69) is 98.8 Å². The van der Waals surface area contributed by atoms with Crippen molar-refractivity contribution < 1.29 is 0 Å². The molecule has 2 fully saturated rings. The molecule has 0 aliphatic carbocycles. The van der Waals surface area contributed by atoms with Gasteiger partial charge in [-0.2, -0.15) is 0 Å². The molecule has 4 rings (SSSR count). The molecule has 2 heterocycles. The van der Waals surface area contributed by atoms with E-state index in [1.807, 2.05) is 0 Å². The van der Waals surface area contributed by atoms with Gasteiger partial charge in [0.1, 0.15) is 0 Å². The van der Waals surface area contributed by atoms with Crippen LogP contribution in [-0.2, 0) is 0 Å². The van der Waals surface area contributed by atoms with Crippen LogP contribution >= 0.6 is 0 Å². The first-order valence-electron chi connectivity index (χ1n) is 14.0. The monoisotopic (exact) mass is 482 g/mol. The van der Waals surface area contributed by atoms with E-state index in [1.54, 1.807) is 0 Å². The van der Waals surface area contributed by atoms with Gasteiger partial charge in [0, 0.05) is 30.7 Å². The number of likely N-dealkylation sites (tertiary alicyclic amines) is 1. The fourth-order valence-corrected chi connectivity index (χ4v) is 6.30. The topological polar surface area (TPSA) is 6.48 Å². The average molecular weight is 483 g/mol. The van der Waals surface area contributed by atoms with Gasteiger partial charge in [0.05, 0.1) is 0 Å². The third-order valence-corrected chi connectivity index (χ3v) is 8.69. The zero-order chi connectivity index (χ0) is 25.7. The smallest absolute Gasteiger partial charge is 0.0366 e. The molecule has 1 unspecified atom stereocenters. The van der Waals surface area contributed by atoms with E-state index in [4.69, 9.17) is 0 Å². The van der Waals surface area contributed by atoms with Gasteiger partial charge in [0.15, 0.2) is 0 Å². The minimum atomic E-state index is 0.309. The summed E-state index contributed by atoms with van der Waals surface area (Å²) in [6.07, 6.45) is 9.21. The first-order valence-corrected chi connectivity index (χ1v) is 14.0. The van der Waals surface area contributed by atoms with Crippen LogP contribution in [0.15, 0.2) is 73.9 Å². The second-order valence-corrected chi connectivity index (χ2v) is 11.2. The zero-order valence-electron chi connectivity index (χ0n) is 22.9. The van der Waals surface area contributed by atoms with Crippen LogP contribution in [0.1, 0.15) is 73.6 Å². The highest BCUT2D eigenvalue weighted by Crippen LogP contribution is 2.37. The van der Waals surface area contributed by atoms with Gasteiger partial charge in [0.2, 0.25) is 0 Å². The van der Waals surface area contributed by atoms with Crippen molar-refractivity contribution in [3.05, 3.63) is 96.1 Å². The Morgan fingerprint density at radius 1 is 0.944 bits per heavy atom. The lowest BCUT2D eigenvalue weighted by atomic mass is 9.81. The third kappa shape index (κ3) is 6.21. The normalized spacial score (nSPS) is 18.7. The Morgan fingerprint density at radius 3 is 2.22 bits per heavy atom. The molecule has 0 aromatic heterocycles. The maximum absolute atomic E-state index is 4.51. The SMILES string of the molecule is C=CC(CCC(=C)C)C(=C)c1cccc(C2CCN(C3CCN(c4ccc(C)cc4)CC3)CC2)c1C. The Hall–Kier alpha value is -2.58. The molecular formula is C34H46N2. The maximum Gasteiger partial charge on any atom is 0.0366 e. The van der Waals surface area contributed by atoms with Crippen LogP contribution in [0.4, 0.5) is 5.69 Å². The molecule has 0 bridgehead atoms. The molecule has 36 heavy (non-hydrogen) atoms. The van der Waals surface area contributed by atoms with Crippen LogP contribution < -0.4 is 4.90 Å². The summed E-state index contributed by atoms with van der Waals surface area (Å²) in [7, 11) is 0. The first kappa shape index (κ1) is 26.5. The molecule has 1 atom stereocenters. The van der Waals surface area contributed by atoms with Gasteiger partial charge in [-0.3, -0.25) is 0 Å². The number of rotatable bonds is 9. The van der Waals surface area contributed by atoms with Crippen molar-refractivity contribution in [1.29, 1.82) is 0 Å². The average Bonchev–Trinajstić information content (AvgIpc) is 2.89. The predicted octanol–water partition coefficient (Wildman–Crippen LogP) is 8.32. The van der Waals surface area contributed by atoms with Crippen LogP contribution in [0.5, 0.6) is 0 Å². The number of piperidine rings is 2. The molecule has 0 N–H and O–H groups in total. The minimum absolute atomic E-state index is 0.309. The minimum Gasteiger partial charge on any atom is -0.371 e. The number of anilines is 1. The first-order chi connectivity index (χ1) is 17.4. The Labute approximate surface area is 220 Å². The van der Waals surface area contributed by atoms with Gasteiger partial charge in [-0.25, -0.2) is 0 Å². The highest BCUT2D eigenvalue weighted by atomic mass is 15.2. The standard InChI is InChI=1S/C34H46N2/c1-7-29(14-11-25(2)3)27(5)33-9-8-10-34(28(33)6)30-17-21-35(22-18-30)32-19-23-36(24-20-32)31-15-12-26(4)13-16-31/h7-10,12-13,15-16,29-30,32H,1-2,5,11,14,17-24H2,3-4,6H3. The lowest BCUT2D eigenvalue weighted by Crippen LogP contribution is -2.47. The number of allylic oxidation sites excluding steroid dienone is 3. The summed E-state index contributed by atoms with van der Waals surface area (Å²) in [5.41, 5.74) is 9.44. The highest BCUT2D eigenvalue weighted by molar-refractivity contribution is 5.70. The molecule has 2 nitrogen and oxygen atoms in total.